The van der Waals surface area contributed by atoms with Crippen molar-refractivity contribution in [1.82, 2.24) is 4.31 Å². The quantitative estimate of drug-likeness (QED) is 0.818. The zero-order chi connectivity index (χ0) is 13.2. The van der Waals surface area contributed by atoms with Gasteiger partial charge in [0.25, 0.3) is 0 Å². The van der Waals surface area contributed by atoms with Gasteiger partial charge in [0.1, 0.15) is 4.90 Å². The van der Waals surface area contributed by atoms with E-state index < -0.39 is 10.0 Å². The van der Waals surface area contributed by atoms with E-state index >= 15 is 0 Å². The topological polar surface area (TPSA) is 83.6 Å². The van der Waals surface area contributed by atoms with Gasteiger partial charge in [0, 0.05) is 18.6 Å². The van der Waals surface area contributed by atoms with E-state index in [0.29, 0.717) is 0 Å². The molecule has 0 saturated carbocycles. The van der Waals surface area contributed by atoms with E-state index in [1.54, 1.807) is 0 Å². The van der Waals surface area contributed by atoms with Crippen LogP contribution < -0.4 is 5.73 Å². The highest BCUT2D eigenvalue weighted by Crippen LogP contribution is 2.32. The third kappa shape index (κ3) is 3.02. The second-order valence-corrected chi connectivity index (χ2v) is 6.18. The molecule has 1 aromatic rings. The van der Waals surface area contributed by atoms with Crippen LogP contribution in [0.15, 0.2) is 17.0 Å². The number of likely N-dealkylation sites (N-methyl/N-ethyl adjacent to an activating group) is 1. The van der Waals surface area contributed by atoms with Gasteiger partial charge < -0.3 is 10.8 Å². The van der Waals surface area contributed by atoms with Gasteiger partial charge in [-0.1, -0.05) is 23.2 Å². The van der Waals surface area contributed by atoms with Crippen molar-refractivity contribution in [3.8, 4) is 0 Å². The maximum atomic E-state index is 12.1. The number of nitrogens with zero attached hydrogens (tertiary/aromatic N) is 1. The molecule has 17 heavy (non-hydrogen) atoms. The zero-order valence-electron chi connectivity index (χ0n) is 9.02. The van der Waals surface area contributed by atoms with E-state index in [2.05, 4.69) is 0 Å². The van der Waals surface area contributed by atoms with Gasteiger partial charge in [-0.25, -0.2) is 8.42 Å². The van der Waals surface area contributed by atoms with E-state index in [1.807, 2.05) is 0 Å². The molecule has 0 bridgehead atoms. The molecule has 3 N–H and O–H groups in total. The van der Waals surface area contributed by atoms with Crippen LogP contribution in [0.4, 0.5) is 5.69 Å². The summed E-state index contributed by atoms with van der Waals surface area (Å²) in [5.74, 6) is 0. The average molecular weight is 299 g/mol. The predicted molar refractivity (Wildman–Crippen MR) is 67.8 cm³/mol. The molecule has 0 fully saturated rings. The Morgan fingerprint density at radius 1 is 1.41 bits per heavy atom. The highest BCUT2D eigenvalue weighted by molar-refractivity contribution is 7.89. The molecule has 1 aromatic carbocycles. The highest BCUT2D eigenvalue weighted by Gasteiger charge is 2.26. The van der Waals surface area contributed by atoms with Gasteiger partial charge >= 0.3 is 0 Å². The summed E-state index contributed by atoms with van der Waals surface area (Å²) >= 11 is 11.5. The fourth-order valence-electron chi connectivity index (χ4n) is 1.27. The zero-order valence-corrected chi connectivity index (χ0v) is 11.3. The number of rotatable bonds is 4. The molecule has 0 heterocycles. The summed E-state index contributed by atoms with van der Waals surface area (Å²) in [5, 5.41) is 8.96. The molecule has 0 spiro atoms. The van der Waals surface area contributed by atoms with Gasteiger partial charge in [0.15, 0.2) is 0 Å². The van der Waals surface area contributed by atoms with E-state index in [0.717, 1.165) is 4.31 Å². The molecule has 0 aliphatic rings. The fourth-order valence-corrected chi connectivity index (χ4v) is 3.37. The monoisotopic (exact) mass is 298 g/mol. The standard InChI is InChI=1S/C9H12Cl2N2O3S/c1-13(2-3-14)17(15,16)9-7(11)4-6(10)5-8(9)12/h4-5,14H,2-3,12H2,1H3. The Morgan fingerprint density at radius 3 is 2.47 bits per heavy atom. The van der Waals surface area contributed by atoms with Gasteiger partial charge in [0.05, 0.1) is 17.3 Å². The Bertz CT molecular complexity index is 496. The van der Waals surface area contributed by atoms with Gasteiger partial charge in [0.2, 0.25) is 10.0 Å². The van der Waals surface area contributed by atoms with Crippen LogP contribution >= 0.6 is 23.2 Å². The lowest BCUT2D eigenvalue weighted by Gasteiger charge is -2.18. The van der Waals surface area contributed by atoms with Gasteiger partial charge in [-0.15, -0.1) is 0 Å². The molecule has 1 rings (SSSR count). The van der Waals surface area contributed by atoms with Crippen molar-refractivity contribution < 1.29 is 13.5 Å². The third-order valence-corrected chi connectivity index (χ3v) is 4.72. The summed E-state index contributed by atoms with van der Waals surface area (Å²) in [4.78, 5) is -0.195. The van der Waals surface area contributed by atoms with E-state index in [1.165, 1.54) is 19.2 Å². The van der Waals surface area contributed by atoms with Crippen molar-refractivity contribution in [3.63, 3.8) is 0 Å². The van der Waals surface area contributed by atoms with Crippen LogP contribution in [0.3, 0.4) is 0 Å². The van der Waals surface area contributed by atoms with Gasteiger partial charge in [-0.3, -0.25) is 0 Å². The van der Waals surface area contributed by atoms with E-state index in [-0.39, 0.29) is 33.8 Å². The minimum Gasteiger partial charge on any atom is -0.398 e. The normalized spacial score (nSPS) is 12.1. The molecule has 5 nitrogen and oxygen atoms in total. The van der Waals surface area contributed by atoms with Crippen molar-refractivity contribution in [2.75, 3.05) is 25.9 Å². The molecule has 0 aliphatic heterocycles. The minimum atomic E-state index is -3.82. The Morgan fingerprint density at radius 2 is 2.00 bits per heavy atom. The first-order valence-electron chi connectivity index (χ1n) is 4.62. The number of nitrogen functional groups attached to an aromatic ring is 1. The third-order valence-electron chi connectivity index (χ3n) is 2.12. The molecule has 8 heteroatoms. The molecule has 0 atom stereocenters. The number of anilines is 1. The smallest absolute Gasteiger partial charge is 0.246 e. The van der Waals surface area contributed by atoms with E-state index in [9.17, 15) is 8.42 Å². The number of aliphatic hydroxyl groups is 1. The Labute approximate surface area is 110 Å². The Kier molecular flexibility index (Phi) is 4.62. The van der Waals surface area contributed by atoms with Crippen LogP contribution in [0.1, 0.15) is 0 Å². The van der Waals surface area contributed by atoms with Gasteiger partial charge in [-0.05, 0) is 12.1 Å². The number of nitrogens with two attached hydrogens (primary N) is 1. The highest BCUT2D eigenvalue weighted by atomic mass is 35.5. The van der Waals surface area contributed by atoms with Crippen molar-refractivity contribution >= 4 is 38.9 Å². The SMILES string of the molecule is CN(CCO)S(=O)(=O)c1c(N)cc(Cl)cc1Cl. The van der Waals surface area contributed by atoms with Crippen LogP contribution in [0, 0.1) is 0 Å². The summed E-state index contributed by atoms with van der Waals surface area (Å²) in [7, 11) is -2.49. The first-order valence-corrected chi connectivity index (χ1v) is 6.82. The fraction of sp³-hybridized carbons (Fsp3) is 0.333. The number of hydrogen-bond donors (Lipinski definition) is 2. The minimum absolute atomic E-state index is 0.0210. The summed E-state index contributed by atoms with van der Waals surface area (Å²) in [6.07, 6.45) is 0. The van der Waals surface area contributed by atoms with Crippen LogP contribution in [0.5, 0.6) is 0 Å². The summed E-state index contributed by atoms with van der Waals surface area (Å²) in [5.41, 5.74) is 5.58. The first kappa shape index (κ1) is 14.5. The molecule has 0 radical (unpaired) electrons. The van der Waals surface area contributed by atoms with Crippen LogP contribution in [0.25, 0.3) is 0 Å². The molecular formula is C9H12Cl2N2O3S. The molecule has 0 amide bonds. The number of benzene rings is 1. The average Bonchev–Trinajstić information content (AvgIpc) is 2.15. The molecule has 0 aromatic heterocycles. The Hall–Kier alpha value is -0.530. The largest absolute Gasteiger partial charge is 0.398 e. The lowest BCUT2D eigenvalue weighted by molar-refractivity contribution is 0.266. The molecule has 96 valence electrons. The van der Waals surface area contributed by atoms with Crippen molar-refractivity contribution in [2.24, 2.45) is 0 Å². The number of aliphatic hydroxyl groups excluding tert-OH is 1. The molecule has 0 aliphatic carbocycles. The molecule has 0 saturated heterocycles. The van der Waals surface area contributed by atoms with Crippen molar-refractivity contribution in [1.29, 1.82) is 0 Å². The van der Waals surface area contributed by atoms with Crippen LogP contribution in [0.2, 0.25) is 10.0 Å². The maximum Gasteiger partial charge on any atom is 0.246 e. The first-order chi connectivity index (χ1) is 7.80. The summed E-state index contributed by atoms with van der Waals surface area (Å²) in [6.45, 7) is -0.332. The number of sulfonamides is 1. The van der Waals surface area contributed by atoms with Crippen molar-refractivity contribution in [3.05, 3.63) is 22.2 Å². The summed E-state index contributed by atoms with van der Waals surface area (Å²) < 4.78 is 25.1. The number of hydrogen-bond acceptors (Lipinski definition) is 4. The second kappa shape index (κ2) is 5.41. The van der Waals surface area contributed by atoms with Crippen molar-refractivity contribution in [2.45, 2.75) is 4.90 Å². The predicted octanol–water partition coefficient (Wildman–Crippen LogP) is 1.19. The lowest BCUT2D eigenvalue weighted by atomic mass is 10.3. The van der Waals surface area contributed by atoms with E-state index in [4.69, 9.17) is 34.0 Å². The lowest BCUT2D eigenvalue weighted by Crippen LogP contribution is -2.30. The van der Waals surface area contributed by atoms with Crippen LogP contribution in [-0.4, -0.2) is 38.0 Å². The Balaban J connectivity index is 3.34. The molecular weight excluding hydrogens is 287 g/mol. The molecule has 0 unspecified atom stereocenters. The summed E-state index contributed by atoms with van der Waals surface area (Å²) in [6, 6.07) is 2.62. The van der Waals surface area contributed by atoms with Gasteiger partial charge in [-0.2, -0.15) is 4.31 Å². The van der Waals surface area contributed by atoms with Crippen LogP contribution in [-0.2, 0) is 10.0 Å². The number of halogens is 2. The second-order valence-electron chi connectivity index (χ2n) is 3.36. The maximum absolute atomic E-state index is 12.1.